The molecule has 2 aromatic rings. The van der Waals surface area contributed by atoms with Gasteiger partial charge in [-0.2, -0.15) is 9.65 Å². The Morgan fingerprint density at radius 2 is 2.00 bits per heavy atom. The van der Waals surface area contributed by atoms with Crippen LogP contribution in [0.4, 0.5) is 14.5 Å². The van der Waals surface area contributed by atoms with Crippen molar-refractivity contribution in [1.29, 1.82) is 5.26 Å². The van der Waals surface area contributed by atoms with E-state index in [0.29, 0.717) is 11.1 Å². The van der Waals surface area contributed by atoms with Gasteiger partial charge in [-0.25, -0.2) is 9.37 Å². The molecule has 0 saturated carbocycles. The van der Waals surface area contributed by atoms with Crippen molar-refractivity contribution in [3.63, 3.8) is 0 Å². The van der Waals surface area contributed by atoms with E-state index in [4.69, 9.17) is 11.0 Å². The molecular formula is C12H7F2N3. The summed E-state index contributed by atoms with van der Waals surface area (Å²) in [6.45, 7) is 0. The molecule has 0 bridgehead atoms. The first-order valence-electron chi connectivity index (χ1n) is 4.73. The van der Waals surface area contributed by atoms with E-state index in [9.17, 15) is 8.78 Å². The number of pyridine rings is 1. The Balaban J connectivity index is 2.64. The molecule has 0 spiro atoms. The first-order valence-corrected chi connectivity index (χ1v) is 4.73. The number of nitrogens with zero attached hydrogens (tertiary/aromatic N) is 2. The molecule has 0 saturated heterocycles. The molecule has 0 aliphatic rings. The summed E-state index contributed by atoms with van der Waals surface area (Å²) in [6, 6.07) is 6.75. The fraction of sp³-hybridized carbons (Fsp3) is 0. The van der Waals surface area contributed by atoms with Crippen LogP contribution in [0.2, 0.25) is 0 Å². The molecule has 0 aliphatic heterocycles. The summed E-state index contributed by atoms with van der Waals surface area (Å²) < 4.78 is 26.2. The van der Waals surface area contributed by atoms with E-state index in [-0.39, 0.29) is 11.3 Å². The van der Waals surface area contributed by atoms with E-state index in [1.54, 1.807) is 6.07 Å². The number of hydrogen-bond acceptors (Lipinski definition) is 3. The van der Waals surface area contributed by atoms with Crippen molar-refractivity contribution in [3.8, 4) is 17.2 Å². The van der Waals surface area contributed by atoms with E-state index in [1.165, 1.54) is 24.4 Å². The van der Waals surface area contributed by atoms with Gasteiger partial charge >= 0.3 is 0 Å². The highest BCUT2D eigenvalue weighted by Crippen LogP contribution is 2.28. The molecule has 2 N–H and O–H groups in total. The van der Waals surface area contributed by atoms with Crippen molar-refractivity contribution in [2.45, 2.75) is 0 Å². The van der Waals surface area contributed by atoms with E-state index in [2.05, 4.69) is 4.98 Å². The zero-order valence-electron chi connectivity index (χ0n) is 8.61. The molecule has 0 atom stereocenters. The van der Waals surface area contributed by atoms with Crippen LogP contribution in [0.3, 0.4) is 0 Å². The Morgan fingerprint density at radius 1 is 1.24 bits per heavy atom. The van der Waals surface area contributed by atoms with Crippen LogP contribution in [0.5, 0.6) is 0 Å². The number of nitrogens with two attached hydrogens (primary N) is 1. The number of hydrogen-bond donors (Lipinski definition) is 1. The topological polar surface area (TPSA) is 62.7 Å². The maximum atomic E-state index is 13.2. The summed E-state index contributed by atoms with van der Waals surface area (Å²) in [6.07, 6.45) is 1.28. The number of anilines is 1. The van der Waals surface area contributed by atoms with E-state index in [1.807, 2.05) is 0 Å². The van der Waals surface area contributed by atoms with Gasteiger partial charge in [0.25, 0.3) is 0 Å². The normalized spacial score (nSPS) is 9.94. The third-order valence-corrected chi connectivity index (χ3v) is 2.30. The van der Waals surface area contributed by atoms with Gasteiger partial charge in [0.15, 0.2) is 0 Å². The van der Waals surface area contributed by atoms with Crippen LogP contribution < -0.4 is 5.73 Å². The lowest BCUT2D eigenvalue weighted by Crippen LogP contribution is -1.95. The Labute approximate surface area is 96.1 Å². The van der Waals surface area contributed by atoms with Crippen LogP contribution in [0.15, 0.2) is 30.5 Å². The molecule has 0 unspecified atom stereocenters. The maximum absolute atomic E-state index is 13.2. The summed E-state index contributed by atoms with van der Waals surface area (Å²) in [5, 5.41) is 8.72. The van der Waals surface area contributed by atoms with Gasteiger partial charge in [-0.05, 0) is 23.8 Å². The lowest BCUT2D eigenvalue weighted by molar-refractivity contribution is 0.584. The lowest BCUT2D eigenvalue weighted by atomic mass is 10.0. The van der Waals surface area contributed by atoms with Gasteiger partial charge in [-0.1, -0.05) is 0 Å². The van der Waals surface area contributed by atoms with Gasteiger partial charge in [0.1, 0.15) is 11.9 Å². The summed E-state index contributed by atoms with van der Waals surface area (Å²) >= 11 is 0. The minimum Gasteiger partial charge on any atom is -0.398 e. The third-order valence-electron chi connectivity index (χ3n) is 2.30. The predicted octanol–water partition coefficient (Wildman–Crippen LogP) is 2.48. The monoisotopic (exact) mass is 231 g/mol. The van der Waals surface area contributed by atoms with Crippen LogP contribution in [0, 0.1) is 23.1 Å². The molecule has 0 aliphatic carbocycles. The van der Waals surface area contributed by atoms with Crippen LogP contribution in [0.1, 0.15) is 5.56 Å². The van der Waals surface area contributed by atoms with Crippen molar-refractivity contribution in [3.05, 3.63) is 47.8 Å². The molecule has 5 heteroatoms. The standard InChI is InChI=1S/C12H7F2N3/c13-10-5-11(16)9(3-8(10)6-15)7-1-2-17-12(14)4-7/h1-5H,16H2. The molecule has 0 fully saturated rings. The van der Waals surface area contributed by atoms with Crippen molar-refractivity contribution in [1.82, 2.24) is 4.98 Å². The number of halogens is 2. The number of aromatic nitrogens is 1. The molecule has 17 heavy (non-hydrogen) atoms. The third kappa shape index (κ3) is 2.06. The summed E-state index contributed by atoms with van der Waals surface area (Å²) in [4.78, 5) is 3.41. The van der Waals surface area contributed by atoms with Gasteiger partial charge in [-0.15, -0.1) is 0 Å². The van der Waals surface area contributed by atoms with Crippen LogP contribution >= 0.6 is 0 Å². The number of nitriles is 1. The highest BCUT2D eigenvalue weighted by molar-refractivity contribution is 5.77. The summed E-state index contributed by atoms with van der Waals surface area (Å²) in [7, 11) is 0. The first kappa shape index (κ1) is 11.0. The smallest absolute Gasteiger partial charge is 0.213 e. The number of nitrogen functional groups attached to an aromatic ring is 1. The van der Waals surface area contributed by atoms with E-state index >= 15 is 0 Å². The number of benzene rings is 1. The van der Waals surface area contributed by atoms with Crippen molar-refractivity contribution >= 4 is 5.69 Å². The zero-order chi connectivity index (χ0) is 12.4. The molecule has 1 heterocycles. The Hall–Kier alpha value is -2.48. The lowest BCUT2D eigenvalue weighted by Gasteiger charge is -2.06. The average Bonchev–Trinajstić information content (AvgIpc) is 2.29. The summed E-state index contributed by atoms with van der Waals surface area (Å²) in [5.41, 5.74) is 6.50. The minimum absolute atomic E-state index is 0.133. The molecular weight excluding hydrogens is 224 g/mol. The molecule has 0 radical (unpaired) electrons. The molecule has 1 aromatic carbocycles. The molecule has 1 aromatic heterocycles. The largest absolute Gasteiger partial charge is 0.398 e. The van der Waals surface area contributed by atoms with Crippen molar-refractivity contribution in [2.24, 2.45) is 0 Å². The van der Waals surface area contributed by atoms with Crippen molar-refractivity contribution < 1.29 is 8.78 Å². The second-order valence-electron chi connectivity index (χ2n) is 3.40. The highest BCUT2D eigenvalue weighted by atomic mass is 19.1. The van der Waals surface area contributed by atoms with Crippen LogP contribution in [-0.4, -0.2) is 4.98 Å². The first-order chi connectivity index (χ1) is 8.11. The SMILES string of the molecule is N#Cc1cc(-c2ccnc(F)c2)c(N)cc1F. The highest BCUT2D eigenvalue weighted by Gasteiger charge is 2.10. The average molecular weight is 231 g/mol. The van der Waals surface area contributed by atoms with E-state index in [0.717, 1.165) is 6.07 Å². The van der Waals surface area contributed by atoms with Gasteiger partial charge < -0.3 is 5.73 Å². The predicted molar refractivity (Wildman–Crippen MR) is 58.7 cm³/mol. The van der Waals surface area contributed by atoms with Crippen molar-refractivity contribution in [2.75, 3.05) is 5.73 Å². The van der Waals surface area contributed by atoms with Gasteiger partial charge in [0, 0.05) is 23.5 Å². The van der Waals surface area contributed by atoms with Crippen LogP contribution in [0.25, 0.3) is 11.1 Å². The Bertz CT molecular complexity index is 618. The maximum Gasteiger partial charge on any atom is 0.213 e. The molecule has 0 amide bonds. The zero-order valence-corrected chi connectivity index (χ0v) is 8.61. The Kier molecular flexibility index (Phi) is 2.71. The summed E-state index contributed by atoms with van der Waals surface area (Å²) in [5.74, 6) is -1.35. The fourth-order valence-electron chi connectivity index (χ4n) is 1.49. The fourth-order valence-corrected chi connectivity index (χ4v) is 1.49. The quantitative estimate of drug-likeness (QED) is 0.605. The molecule has 3 nitrogen and oxygen atoms in total. The second kappa shape index (κ2) is 4.18. The number of rotatable bonds is 1. The molecule has 2 rings (SSSR count). The Morgan fingerprint density at radius 3 is 2.65 bits per heavy atom. The molecule has 84 valence electrons. The van der Waals surface area contributed by atoms with Gasteiger partial charge in [-0.3, -0.25) is 0 Å². The minimum atomic E-state index is -0.691. The van der Waals surface area contributed by atoms with Gasteiger partial charge in [0.05, 0.1) is 5.56 Å². The van der Waals surface area contributed by atoms with Gasteiger partial charge in [0.2, 0.25) is 5.95 Å². The van der Waals surface area contributed by atoms with Crippen LogP contribution in [-0.2, 0) is 0 Å². The second-order valence-corrected chi connectivity index (χ2v) is 3.40. The van der Waals surface area contributed by atoms with E-state index < -0.39 is 11.8 Å².